The van der Waals surface area contributed by atoms with Crippen LogP contribution in [0.2, 0.25) is 5.02 Å². The monoisotopic (exact) mass is 280 g/mol. The maximum Gasteiger partial charge on any atom is 0.155 e. The van der Waals surface area contributed by atoms with Gasteiger partial charge in [0.15, 0.2) is 5.82 Å². The summed E-state index contributed by atoms with van der Waals surface area (Å²) in [5, 5.41) is 0.692. The van der Waals surface area contributed by atoms with E-state index in [1.165, 1.54) is 0 Å². The molecule has 3 heteroatoms. The predicted octanol–water partition coefficient (Wildman–Crippen LogP) is 5.50. The Morgan fingerprint density at radius 2 is 1.42 bits per heavy atom. The van der Waals surface area contributed by atoms with E-state index < -0.39 is 0 Å². The molecular formula is C16H25ClN2. The van der Waals surface area contributed by atoms with Gasteiger partial charge < -0.3 is 4.57 Å². The normalized spacial score (nSPS) is 9.05. The van der Waals surface area contributed by atoms with E-state index in [0.29, 0.717) is 5.02 Å². The van der Waals surface area contributed by atoms with E-state index in [1.54, 1.807) is 0 Å². The molecule has 0 aliphatic rings. The lowest BCUT2D eigenvalue weighted by molar-refractivity contribution is 0.920. The molecule has 0 radical (unpaired) electrons. The van der Waals surface area contributed by atoms with E-state index in [0.717, 1.165) is 22.8 Å². The molecule has 0 saturated carbocycles. The lowest BCUT2D eigenvalue weighted by Crippen LogP contribution is -2.02. The molecule has 2 rings (SSSR count). The molecule has 0 unspecified atom stereocenters. The van der Waals surface area contributed by atoms with E-state index in [1.807, 2.05) is 60.7 Å². The first-order chi connectivity index (χ1) is 9.09. The Morgan fingerprint density at radius 1 is 0.947 bits per heavy atom. The lowest BCUT2D eigenvalue weighted by Gasteiger charge is -2.10. The first-order valence-electron chi connectivity index (χ1n) is 6.87. The second-order valence-corrected chi connectivity index (χ2v) is 4.18. The Balaban J connectivity index is 0.000000741. The summed E-state index contributed by atoms with van der Waals surface area (Å²) in [6.07, 6.45) is 1.83. The molecule has 19 heavy (non-hydrogen) atoms. The molecule has 0 atom stereocenters. The molecule has 2 aromatic rings. The number of nitrogens with zero attached hydrogens (tertiary/aromatic N) is 2. The predicted molar refractivity (Wildman–Crippen MR) is 85.5 cm³/mol. The second-order valence-electron chi connectivity index (χ2n) is 3.77. The molecule has 106 valence electrons. The van der Waals surface area contributed by atoms with Gasteiger partial charge >= 0.3 is 0 Å². The van der Waals surface area contributed by atoms with Crippen molar-refractivity contribution in [3.05, 3.63) is 46.4 Å². The Kier molecular flexibility index (Phi) is 8.17. The van der Waals surface area contributed by atoms with Crippen LogP contribution in [0.3, 0.4) is 0 Å². The van der Waals surface area contributed by atoms with Crippen LogP contribution in [0.4, 0.5) is 0 Å². The topological polar surface area (TPSA) is 17.8 Å². The van der Waals surface area contributed by atoms with Crippen LogP contribution in [0.5, 0.6) is 0 Å². The Labute approximate surface area is 122 Å². The van der Waals surface area contributed by atoms with E-state index in [-0.39, 0.29) is 0 Å². The van der Waals surface area contributed by atoms with Crippen LogP contribution >= 0.6 is 11.6 Å². The molecule has 0 bridgehead atoms. The fraction of sp³-hybridized carbons (Fsp3) is 0.438. The van der Waals surface area contributed by atoms with Gasteiger partial charge in [0, 0.05) is 17.6 Å². The number of aromatic nitrogens is 2. The van der Waals surface area contributed by atoms with E-state index in [4.69, 9.17) is 11.6 Å². The van der Waals surface area contributed by atoms with Gasteiger partial charge in [-0.05, 0) is 44.5 Å². The van der Waals surface area contributed by atoms with Gasteiger partial charge in [-0.25, -0.2) is 4.98 Å². The Morgan fingerprint density at radius 3 is 1.84 bits per heavy atom. The first kappa shape index (κ1) is 17.7. The molecule has 2 heterocycles. The molecule has 0 amide bonds. The highest BCUT2D eigenvalue weighted by Gasteiger charge is 2.08. The standard InChI is InChI=1S/C12H13ClN2.2C2H6/c1-8-6-11(13)12(14-7-8)15-9(2)4-5-10(15)3;2*1-2/h4-7H,1-3H3;2*1-2H3. The number of aryl methyl sites for hydroxylation is 3. The van der Waals surface area contributed by atoms with Crippen LogP contribution in [0.15, 0.2) is 24.4 Å². The molecule has 2 aromatic heterocycles. The number of pyridine rings is 1. The average molecular weight is 281 g/mol. The minimum absolute atomic E-state index is 0.692. The highest BCUT2D eigenvalue weighted by Crippen LogP contribution is 2.22. The fourth-order valence-electron chi connectivity index (χ4n) is 1.69. The molecule has 0 aliphatic carbocycles. The molecular weight excluding hydrogens is 256 g/mol. The van der Waals surface area contributed by atoms with Crippen LogP contribution in [0.1, 0.15) is 44.6 Å². The summed E-state index contributed by atoms with van der Waals surface area (Å²) >= 11 is 6.18. The number of hydrogen-bond acceptors (Lipinski definition) is 1. The Bertz CT molecular complexity index is 482. The van der Waals surface area contributed by atoms with Gasteiger partial charge in [0.2, 0.25) is 0 Å². The first-order valence-corrected chi connectivity index (χ1v) is 7.25. The number of halogens is 1. The van der Waals surface area contributed by atoms with Gasteiger partial charge in [0.25, 0.3) is 0 Å². The van der Waals surface area contributed by atoms with Crippen molar-refractivity contribution in [2.45, 2.75) is 48.5 Å². The quantitative estimate of drug-likeness (QED) is 0.674. The van der Waals surface area contributed by atoms with Gasteiger partial charge in [0.05, 0.1) is 5.02 Å². The molecule has 0 saturated heterocycles. The van der Waals surface area contributed by atoms with Crippen LogP contribution < -0.4 is 0 Å². The minimum Gasteiger partial charge on any atom is -0.302 e. The fourth-order valence-corrected chi connectivity index (χ4v) is 2.00. The van der Waals surface area contributed by atoms with Crippen molar-refractivity contribution in [3.8, 4) is 5.82 Å². The van der Waals surface area contributed by atoms with Crippen molar-refractivity contribution in [1.29, 1.82) is 0 Å². The zero-order valence-corrected chi connectivity index (χ0v) is 13.8. The molecule has 0 aliphatic heterocycles. The van der Waals surface area contributed by atoms with Crippen molar-refractivity contribution in [2.75, 3.05) is 0 Å². The summed E-state index contributed by atoms with van der Waals surface area (Å²) in [5.74, 6) is 0.808. The van der Waals surface area contributed by atoms with Crippen molar-refractivity contribution in [1.82, 2.24) is 9.55 Å². The van der Waals surface area contributed by atoms with Gasteiger partial charge in [-0.2, -0.15) is 0 Å². The van der Waals surface area contributed by atoms with Gasteiger partial charge in [0.1, 0.15) is 0 Å². The van der Waals surface area contributed by atoms with Crippen LogP contribution in [-0.4, -0.2) is 9.55 Å². The third-order valence-corrected chi connectivity index (χ3v) is 2.72. The third kappa shape index (κ3) is 4.39. The molecule has 0 aromatic carbocycles. The van der Waals surface area contributed by atoms with Gasteiger partial charge in [-0.15, -0.1) is 0 Å². The number of rotatable bonds is 1. The summed E-state index contributed by atoms with van der Waals surface area (Å²) < 4.78 is 2.06. The van der Waals surface area contributed by atoms with Crippen molar-refractivity contribution in [2.24, 2.45) is 0 Å². The van der Waals surface area contributed by atoms with Gasteiger partial charge in [-0.1, -0.05) is 39.3 Å². The maximum absolute atomic E-state index is 6.18. The van der Waals surface area contributed by atoms with E-state index in [9.17, 15) is 0 Å². The lowest BCUT2D eigenvalue weighted by atomic mass is 10.3. The summed E-state index contributed by atoms with van der Waals surface area (Å²) in [7, 11) is 0. The van der Waals surface area contributed by atoms with E-state index >= 15 is 0 Å². The zero-order valence-electron chi connectivity index (χ0n) is 13.1. The highest BCUT2D eigenvalue weighted by molar-refractivity contribution is 6.32. The summed E-state index contributed by atoms with van der Waals surface area (Å²) in [6, 6.07) is 6.06. The summed E-state index contributed by atoms with van der Waals surface area (Å²) in [5.41, 5.74) is 3.36. The van der Waals surface area contributed by atoms with Crippen LogP contribution in [0.25, 0.3) is 5.82 Å². The largest absolute Gasteiger partial charge is 0.302 e. The molecule has 0 N–H and O–H groups in total. The zero-order chi connectivity index (χ0) is 15.0. The van der Waals surface area contributed by atoms with Crippen molar-refractivity contribution in [3.63, 3.8) is 0 Å². The summed E-state index contributed by atoms with van der Waals surface area (Å²) in [6.45, 7) is 14.1. The highest BCUT2D eigenvalue weighted by atomic mass is 35.5. The SMILES string of the molecule is CC.CC.Cc1cnc(-n2c(C)ccc2C)c(Cl)c1. The average Bonchev–Trinajstić information content (AvgIpc) is 2.75. The minimum atomic E-state index is 0.692. The summed E-state index contributed by atoms with van der Waals surface area (Å²) in [4.78, 5) is 4.37. The maximum atomic E-state index is 6.18. The van der Waals surface area contributed by atoms with Gasteiger partial charge in [-0.3, -0.25) is 0 Å². The molecule has 0 spiro atoms. The number of hydrogen-bond donors (Lipinski definition) is 0. The van der Waals surface area contributed by atoms with Crippen LogP contribution in [-0.2, 0) is 0 Å². The van der Waals surface area contributed by atoms with Crippen LogP contribution in [0, 0.1) is 20.8 Å². The third-order valence-electron chi connectivity index (χ3n) is 2.44. The second kappa shape index (κ2) is 8.76. The molecule has 0 fully saturated rings. The molecule has 2 nitrogen and oxygen atoms in total. The Hall–Kier alpha value is -1.28. The van der Waals surface area contributed by atoms with Crippen molar-refractivity contribution >= 4 is 11.6 Å². The van der Waals surface area contributed by atoms with Crippen molar-refractivity contribution < 1.29 is 0 Å². The van der Waals surface area contributed by atoms with E-state index in [2.05, 4.69) is 21.7 Å². The smallest absolute Gasteiger partial charge is 0.155 e.